The molecule has 1 aromatic carbocycles. The molecule has 0 atom stereocenters. The van der Waals surface area contributed by atoms with E-state index in [0.29, 0.717) is 17.3 Å². The lowest BCUT2D eigenvalue weighted by Gasteiger charge is -2.13. The Bertz CT molecular complexity index is 702. The molecule has 0 bridgehead atoms. The molecule has 2 aromatic rings. The third-order valence-electron chi connectivity index (χ3n) is 2.71. The van der Waals surface area contributed by atoms with Gasteiger partial charge in [0.15, 0.2) is 0 Å². The molecule has 0 radical (unpaired) electrons. The molecule has 0 saturated heterocycles. The number of pyridine rings is 1. The number of anilines is 2. The molecule has 1 heterocycles. The van der Waals surface area contributed by atoms with Crippen LogP contribution in [0, 0.1) is 0 Å². The lowest BCUT2D eigenvalue weighted by Crippen LogP contribution is -2.16. The largest absolute Gasteiger partial charge is 0.384 e. The third kappa shape index (κ3) is 4.09. The van der Waals surface area contributed by atoms with Crippen molar-refractivity contribution >= 4 is 33.1 Å². The van der Waals surface area contributed by atoms with E-state index in [1.807, 2.05) is 6.92 Å². The molecule has 1 aromatic heterocycles. The molecule has 0 aliphatic heterocycles. The number of para-hydroxylation sites is 1. The average Bonchev–Trinajstić information content (AvgIpc) is 2.47. The molecule has 0 aliphatic carbocycles. The van der Waals surface area contributed by atoms with Crippen molar-refractivity contribution < 1.29 is 8.42 Å². The summed E-state index contributed by atoms with van der Waals surface area (Å²) in [6, 6.07) is 9.85. The summed E-state index contributed by atoms with van der Waals surface area (Å²) in [5, 5.41) is 3.55. The lowest BCUT2D eigenvalue weighted by molar-refractivity contribution is 0.601. The second kappa shape index (κ2) is 6.78. The molecule has 0 spiro atoms. The van der Waals surface area contributed by atoms with Crippen molar-refractivity contribution in [2.24, 2.45) is 0 Å². The third-order valence-corrected chi connectivity index (χ3v) is 4.34. The van der Waals surface area contributed by atoms with Crippen LogP contribution in [0.5, 0.6) is 0 Å². The van der Waals surface area contributed by atoms with Gasteiger partial charge in [0.05, 0.1) is 10.7 Å². The fraction of sp³-hybridized carbons (Fsp3) is 0.214. The maximum Gasteiger partial charge on any atom is 0.265 e. The minimum absolute atomic E-state index is 0.190. The van der Waals surface area contributed by atoms with Gasteiger partial charge in [0.2, 0.25) is 0 Å². The molecule has 0 saturated carbocycles. The zero-order valence-corrected chi connectivity index (χ0v) is 13.1. The second-order valence-corrected chi connectivity index (χ2v) is 6.48. The molecule has 112 valence electrons. The van der Waals surface area contributed by atoms with Crippen LogP contribution in [0.25, 0.3) is 0 Å². The quantitative estimate of drug-likeness (QED) is 0.854. The highest BCUT2D eigenvalue weighted by Crippen LogP contribution is 2.23. The molecule has 5 nitrogen and oxygen atoms in total. The molecule has 0 fully saturated rings. The smallest absolute Gasteiger partial charge is 0.265 e. The van der Waals surface area contributed by atoms with Gasteiger partial charge in [0.25, 0.3) is 10.0 Å². The van der Waals surface area contributed by atoms with Crippen LogP contribution in [0.1, 0.15) is 13.3 Å². The summed E-state index contributed by atoms with van der Waals surface area (Å²) in [6.45, 7) is 2.71. The number of nitrogens with one attached hydrogen (secondary N) is 2. The van der Waals surface area contributed by atoms with Gasteiger partial charge in [-0.25, -0.2) is 13.4 Å². The summed E-state index contributed by atoms with van der Waals surface area (Å²) < 4.78 is 27.3. The Morgan fingerprint density at radius 2 is 1.95 bits per heavy atom. The van der Waals surface area contributed by atoms with Crippen LogP contribution in [-0.2, 0) is 10.0 Å². The number of halogens is 1. The minimum Gasteiger partial charge on any atom is -0.384 e. The van der Waals surface area contributed by atoms with Crippen molar-refractivity contribution in [3.63, 3.8) is 0 Å². The van der Waals surface area contributed by atoms with Gasteiger partial charge in [0, 0.05) is 12.7 Å². The first kappa shape index (κ1) is 15.6. The van der Waals surface area contributed by atoms with Crippen LogP contribution >= 0.6 is 11.6 Å². The van der Waals surface area contributed by atoms with Crippen molar-refractivity contribution in [3.05, 3.63) is 47.6 Å². The summed E-state index contributed by atoms with van der Waals surface area (Å²) in [5.41, 5.74) is 0.570. The number of benzene rings is 1. The normalized spacial score (nSPS) is 11.1. The van der Waals surface area contributed by atoms with Crippen molar-refractivity contribution in [1.82, 2.24) is 4.98 Å². The van der Waals surface area contributed by atoms with Gasteiger partial charge in [0.1, 0.15) is 10.7 Å². The highest BCUT2D eigenvalue weighted by molar-refractivity contribution is 7.92. The van der Waals surface area contributed by atoms with Gasteiger partial charge < -0.3 is 5.32 Å². The first-order chi connectivity index (χ1) is 10.0. The Labute approximate surface area is 129 Å². The average molecular weight is 326 g/mol. The van der Waals surface area contributed by atoms with Crippen molar-refractivity contribution in [3.8, 4) is 0 Å². The summed E-state index contributed by atoms with van der Waals surface area (Å²) >= 11 is 5.73. The predicted molar refractivity (Wildman–Crippen MR) is 85.3 cm³/mol. The number of rotatable bonds is 6. The number of sulfonamides is 1. The van der Waals surface area contributed by atoms with Gasteiger partial charge in [-0.05, 0) is 30.7 Å². The Hall–Kier alpha value is -1.79. The SMILES string of the molecule is CCCNc1ccccc1S(=O)(=O)Nc1ccc(Cl)cn1. The zero-order valence-electron chi connectivity index (χ0n) is 11.5. The van der Waals surface area contributed by atoms with E-state index in [1.54, 1.807) is 30.3 Å². The van der Waals surface area contributed by atoms with E-state index in [4.69, 9.17) is 11.6 Å². The summed E-state index contributed by atoms with van der Waals surface area (Å²) in [6.07, 6.45) is 2.29. The van der Waals surface area contributed by atoms with Crippen molar-refractivity contribution in [2.75, 3.05) is 16.6 Å². The predicted octanol–water partition coefficient (Wildman–Crippen LogP) is 3.36. The molecule has 2 rings (SSSR count). The monoisotopic (exact) mass is 325 g/mol. The molecular weight excluding hydrogens is 310 g/mol. The number of nitrogens with zero attached hydrogens (tertiary/aromatic N) is 1. The van der Waals surface area contributed by atoms with E-state index in [0.717, 1.165) is 6.42 Å². The number of aromatic nitrogens is 1. The number of hydrogen-bond acceptors (Lipinski definition) is 4. The highest BCUT2D eigenvalue weighted by Gasteiger charge is 2.18. The fourth-order valence-corrected chi connectivity index (χ4v) is 3.04. The molecule has 7 heteroatoms. The number of hydrogen-bond donors (Lipinski definition) is 2. The maximum absolute atomic E-state index is 12.4. The zero-order chi connectivity index (χ0) is 15.3. The second-order valence-electron chi connectivity index (χ2n) is 4.39. The lowest BCUT2D eigenvalue weighted by atomic mass is 10.3. The topological polar surface area (TPSA) is 71.1 Å². The van der Waals surface area contributed by atoms with E-state index in [-0.39, 0.29) is 10.7 Å². The van der Waals surface area contributed by atoms with E-state index in [2.05, 4.69) is 15.0 Å². The van der Waals surface area contributed by atoms with E-state index in [1.165, 1.54) is 12.3 Å². The van der Waals surface area contributed by atoms with Crippen molar-refractivity contribution in [2.45, 2.75) is 18.2 Å². The molecular formula is C14H16ClN3O2S. The van der Waals surface area contributed by atoms with E-state index >= 15 is 0 Å². The fourth-order valence-electron chi connectivity index (χ4n) is 1.74. The standard InChI is InChI=1S/C14H16ClN3O2S/c1-2-9-16-12-5-3-4-6-13(12)21(19,20)18-14-8-7-11(15)10-17-14/h3-8,10,16H,2,9H2,1H3,(H,17,18). The Kier molecular flexibility index (Phi) is 5.03. The van der Waals surface area contributed by atoms with Crippen LogP contribution in [-0.4, -0.2) is 19.9 Å². The molecule has 0 aliphatic rings. The minimum atomic E-state index is -3.71. The van der Waals surface area contributed by atoms with E-state index in [9.17, 15) is 8.42 Å². The Morgan fingerprint density at radius 1 is 1.19 bits per heavy atom. The molecule has 2 N–H and O–H groups in total. The van der Waals surface area contributed by atoms with Gasteiger partial charge in [-0.1, -0.05) is 30.7 Å². The van der Waals surface area contributed by atoms with E-state index < -0.39 is 10.0 Å². The molecule has 21 heavy (non-hydrogen) atoms. The van der Waals surface area contributed by atoms with Gasteiger partial charge in [-0.2, -0.15) is 0 Å². The Morgan fingerprint density at radius 3 is 2.62 bits per heavy atom. The Balaban J connectivity index is 2.29. The van der Waals surface area contributed by atoms with Crippen LogP contribution in [0.4, 0.5) is 11.5 Å². The van der Waals surface area contributed by atoms with Gasteiger partial charge in [-0.15, -0.1) is 0 Å². The highest BCUT2D eigenvalue weighted by atomic mass is 35.5. The van der Waals surface area contributed by atoms with Crippen molar-refractivity contribution in [1.29, 1.82) is 0 Å². The summed E-state index contributed by atoms with van der Waals surface area (Å²) in [7, 11) is -3.71. The van der Waals surface area contributed by atoms with Crippen LogP contribution in [0.3, 0.4) is 0 Å². The van der Waals surface area contributed by atoms with Gasteiger partial charge in [-0.3, -0.25) is 4.72 Å². The maximum atomic E-state index is 12.4. The first-order valence-electron chi connectivity index (χ1n) is 6.50. The van der Waals surface area contributed by atoms with Crippen LogP contribution in [0.2, 0.25) is 5.02 Å². The summed E-state index contributed by atoms with van der Waals surface area (Å²) in [4.78, 5) is 4.13. The van der Waals surface area contributed by atoms with Gasteiger partial charge >= 0.3 is 0 Å². The molecule has 0 amide bonds. The summed E-state index contributed by atoms with van der Waals surface area (Å²) in [5.74, 6) is 0.227. The first-order valence-corrected chi connectivity index (χ1v) is 8.36. The van der Waals surface area contributed by atoms with Crippen LogP contribution < -0.4 is 10.0 Å². The van der Waals surface area contributed by atoms with Crippen LogP contribution in [0.15, 0.2) is 47.5 Å². The molecule has 0 unspecified atom stereocenters.